The van der Waals surface area contributed by atoms with Crippen LogP contribution in [0.25, 0.3) is 5.69 Å². The van der Waals surface area contributed by atoms with Crippen LogP contribution in [0.1, 0.15) is 22.5 Å². The molecule has 3 heteroatoms. The second-order valence-corrected chi connectivity index (χ2v) is 3.90. The lowest BCUT2D eigenvalue weighted by atomic mass is 10.1. The van der Waals surface area contributed by atoms with Gasteiger partial charge in [0.2, 0.25) is 0 Å². The molecule has 1 aromatic carbocycles. The van der Waals surface area contributed by atoms with E-state index in [9.17, 15) is 0 Å². The average Bonchev–Trinajstić information content (AvgIpc) is 2.60. The molecule has 2 aromatic rings. The molecule has 1 aromatic heterocycles. The Morgan fingerprint density at radius 1 is 1.25 bits per heavy atom. The van der Waals surface area contributed by atoms with E-state index in [4.69, 9.17) is 5.26 Å². The van der Waals surface area contributed by atoms with Crippen molar-refractivity contribution in [3.05, 3.63) is 47.0 Å². The predicted octanol–water partition coefficient (Wildman–Crippen LogP) is 2.67. The standard InChI is InChI=1S/C13H13N3/c1-9-6-13(5-4-12(9)7-14)16-8-15-10(2)11(16)3/h4-6,8H,1-3H3. The van der Waals surface area contributed by atoms with Crippen molar-refractivity contribution in [2.24, 2.45) is 0 Å². The van der Waals surface area contributed by atoms with Crippen molar-refractivity contribution in [2.45, 2.75) is 20.8 Å². The first-order chi connectivity index (χ1) is 7.63. The van der Waals surface area contributed by atoms with Crippen LogP contribution in [-0.2, 0) is 0 Å². The van der Waals surface area contributed by atoms with E-state index in [0.717, 1.165) is 28.2 Å². The second-order valence-electron chi connectivity index (χ2n) is 3.90. The summed E-state index contributed by atoms with van der Waals surface area (Å²) in [5, 5.41) is 8.87. The molecule has 0 fully saturated rings. The van der Waals surface area contributed by atoms with Crippen LogP contribution in [0.3, 0.4) is 0 Å². The Morgan fingerprint density at radius 2 is 2.00 bits per heavy atom. The minimum absolute atomic E-state index is 0.721. The molecule has 0 saturated heterocycles. The second kappa shape index (κ2) is 3.82. The molecule has 0 aliphatic heterocycles. The fraction of sp³-hybridized carbons (Fsp3) is 0.231. The Bertz CT molecular complexity index is 573. The molecule has 0 saturated carbocycles. The maximum absolute atomic E-state index is 8.87. The summed E-state index contributed by atoms with van der Waals surface area (Å²) in [4.78, 5) is 4.26. The van der Waals surface area contributed by atoms with Crippen molar-refractivity contribution < 1.29 is 0 Å². The van der Waals surface area contributed by atoms with Crippen LogP contribution in [0.4, 0.5) is 0 Å². The van der Waals surface area contributed by atoms with Gasteiger partial charge in [-0.05, 0) is 44.5 Å². The van der Waals surface area contributed by atoms with Crippen LogP contribution < -0.4 is 0 Å². The van der Waals surface area contributed by atoms with Gasteiger partial charge in [0.1, 0.15) is 0 Å². The molecule has 16 heavy (non-hydrogen) atoms. The zero-order valence-electron chi connectivity index (χ0n) is 9.65. The van der Waals surface area contributed by atoms with Crippen LogP contribution in [0.2, 0.25) is 0 Å². The van der Waals surface area contributed by atoms with Crippen LogP contribution in [0, 0.1) is 32.1 Å². The van der Waals surface area contributed by atoms with Crippen LogP contribution >= 0.6 is 0 Å². The van der Waals surface area contributed by atoms with Crippen molar-refractivity contribution in [1.29, 1.82) is 5.26 Å². The fourth-order valence-corrected chi connectivity index (χ4v) is 1.68. The van der Waals surface area contributed by atoms with Gasteiger partial charge >= 0.3 is 0 Å². The summed E-state index contributed by atoms with van der Waals surface area (Å²) in [6, 6.07) is 7.97. The fourth-order valence-electron chi connectivity index (χ4n) is 1.68. The van der Waals surface area contributed by atoms with E-state index in [0.29, 0.717) is 0 Å². The average molecular weight is 211 g/mol. The van der Waals surface area contributed by atoms with Gasteiger partial charge in [-0.15, -0.1) is 0 Å². The Hall–Kier alpha value is -2.08. The molecular formula is C13H13N3. The Balaban J connectivity index is 2.54. The quantitative estimate of drug-likeness (QED) is 0.727. The summed E-state index contributed by atoms with van der Waals surface area (Å²) in [5.41, 5.74) is 4.92. The summed E-state index contributed by atoms with van der Waals surface area (Å²) >= 11 is 0. The van der Waals surface area contributed by atoms with Crippen LogP contribution in [0.15, 0.2) is 24.5 Å². The highest BCUT2D eigenvalue weighted by Gasteiger charge is 2.05. The topological polar surface area (TPSA) is 41.6 Å². The lowest BCUT2D eigenvalue weighted by molar-refractivity contribution is 0.997. The maximum Gasteiger partial charge on any atom is 0.0997 e. The van der Waals surface area contributed by atoms with E-state index in [-0.39, 0.29) is 0 Å². The summed E-state index contributed by atoms with van der Waals surface area (Å²) in [6.45, 7) is 5.97. The molecule has 0 atom stereocenters. The number of aryl methyl sites for hydroxylation is 2. The number of hydrogen-bond acceptors (Lipinski definition) is 2. The first-order valence-corrected chi connectivity index (χ1v) is 5.15. The Morgan fingerprint density at radius 3 is 2.50 bits per heavy atom. The summed E-state index contributed by atoms with van der Waals surface area (Å²) < 4.78 is 2.03. The van der Waals surface area contributed by atoms with Gasteiger partial charge < -0.3 is 4.57 Å². The van der Waals surface area contributed by atoms with E-state index >= 15 is 0 Å². The van der Waals surface area contributed by atoms with Gasteiger partial charge in [0, 0.05) is 11.4 Å². The largest absolute Gasteiger partial charge is 0.303 e. The summed E-state index contributed by atoms with van der Waals surface area (Å²) in [6.07, 6.45) is 1.81. The number of hydrogen-bond donors (Lipinski definition) is 0. The zero-order valence-corrected chi connectivity index (χ0v) is 9.65. The lowest BCUT2D eigenvalue weighted by Gasteiger charge is -2.07. The number of rotatable bonds is 1. The molecular weight excluding hydrogens is 198 g/mol. The minimum atomic E-state index is 0.721. The predicted molar refractivity (Wildman–Crippen MR) is 62.5 cm³/mol. The molecule has 0 amide bonds. The molecule has 0 unspecified atom stereocenters. The zero-order chi connectivity index (χ0) is 11.7. The number of imidazole rings is 1. The molecule has 0 aliphatic rings. The number of aromatic nitrogens is 2. The van der Waals surface area contributed by atoms with Gasteiger partial charge in [0.15, 0.2) is 0 Å². The first-order valence-electron chi connectivity index (χ1n) is 5.15. The van der Waals surface area contributed by atoms with Gasteiger partial charge in [-0.25, -0.2) is 4.98 Å². The van der Waals surface area contributed by atoms with E-state index in [1.807, 2.05) is 49.9 Å². The SMILES string of the molecule is Cc1cc(-n2cnc(C)c2C)ccc1C#N. The molecule has 0 spiro atoms. The first kappa shape index (κ1) is 10.4. The highest BCUT2D eigenvalue weighted by atomic mass is 15.1. The van der Waals surface area contributed by atoms with Crippen LogP contribution in [0.5, 0.6) is 0 Å². The molecule has 0 aliphatic carbocycles. The van der Waals surface area contributed by atoms with E-state index < -0.39 is 0 Å². The highest BCUT2D eigenvalue weighted by Crippen LogP contribution is 2.17. The van der Waals surface area contributed by atoms with Crippen LogP contribution in [-0.4, -0.2) is 9.55 Å². The summed E-state index contributed by atoms with van der Waals surface area (Å²) in [7, 11) is 0. The van der Waals surface area contributed by atoms with Crippen molar-refractivity contribution in [3.8, 4) is 11.8 Å². The third-order valence-electron chi connectivity index (χ3n) is 2.86. The van der Waals surface area contributed by atoms with Gasteiger partial charge in [0.25, 0.3) is 0 Å². The normalized spacial score (nSPS) is 10.1. The maximum atomic E-state index is 8.87. The molecule has 0 radical (unpaired) electrons. The number of benzene rings is 1. The number of nitriles is 1. The Kier molecular flexibility index (Phi) is 2.49. The van der Waals surface area contributed by atoms with Gasteiger partial charge in [-0.1, -0.05) is 0 Å². The lowest BCUT2D eigenvalue weighted by Crippen LogP contribution is -1.96. The molecule has 80 valence electrons. The molecule has 1 heterocycles. The van der Waals surface area contributed by atoms with E-state index in [1.165, 1.54) is 0 Å². The van der Waals surface area contributed by atoms with Crippen molar-refractivity contribution in [3.63, 3.8) is 0 Å². The van der Waals surface area contributed by atoms with Crippen molar-refractivity contribution in [2.75, 3.05) is 0 Å². The van der Waals surface area contributed by atoms with Crippen molar-refractivity contribution in [1.82, 2.24) is 9.55 Å². The van der Waals surface area contributed by atoms with Gasteiger partial charge in [-0.3, -0.25) is 0 Å². The van der Waals surface area contributed by atoms with Crippen molar-refractivity contribution >= 4 is 0 Å². The number of nitrogens with zero attached hydrogens (tertiary/aromatic N) is 3. The molecule has 3 nitrogen and oxygen atoms in total. The van der Waals surface area contributed by atoms with E-state index in [1.54, 1.807) is 0 Å². The molecule has 0 bridgehead atoms. The van der Waals surface area contributed by atoms with E-state index in [2.05, 4.69) is 11.1 Å². The van der Waals surface area contributed by atoms with Gasteiger partial charge in [-0.2, -0.15) is 5.26 Å². The molecule has 2 rings (SSSR count). The third-order valence-corrected chi connectivity index (χ3v) is 2.86. The minimum Gasteiger partial charge on any atom is -0.303 e. The monoisotopic (exact) mass is 211 g/mol. The summed E-state index contributed by atoms with van der Waals surface area (Å²) in [5.74, 6) is 0. The van der Waals surface area contributed by atoms with Gasteiger partial charge in [0.05, 0.1) is 23.7 Å². The third kappa shape index (κ3) is 1.59. The Labute approximate surface area is 95.0 Å². The molecule has 0 N–H and O–H groups in total. The highest BCUT2D eigenvalue weighted by molar-refractivity contribution is 5.46. The smallest absolute Gasteiger partial charge is 0.0997 e.